The molecule has 4 nitrogen and oxygen atoms in total. The molecule has 0 aliphatic rings. The maximum absolute atomic E-state index is 4.52. The highest BCUT2D eigenvalue weighted by atomic mass is 15.1. The molecule has 2 aromatic rings. The van der Waals surface area contributed by atoms with Gasteiger partial charge in [-0.15, -0.1) is 0 Å². The van der Waals surface area contributed by atoms with E-state index in [0.717, 1.165) is 18.1 Å². The molecule has 1 N–H and O–H groups in total. The predicted molar refractivity (Wildman–Crippen MR) is 58.9 cm³/mol. The van der Waals surface area contributed by atoms with Crippen molar-refractivity contribution in [3.63, 3.8) is 0 Å². The average molecular weight is 202 g/mol. The van der Waals surface area contributed by atoms with Crippen LogP contribution in [0.5, 0.6) is 0 Å². The Labute approximate surface area is 89.0 Å². The second-order valence-corrected chi connectivity index (χ2v) is 3.41. The van der Waals surface area contributed by atoms with Crippen molar-refractivity contribution in [1.82, 2.24) is 19.9 Å². The molecule has 2 heterocycles. The number of pyridine rings is 1. The lowest BCUT2D eigenvalue weighted by molar-refractivity contribution is 0.801. The molecule has 0 amide bonds. The van der Waals surface area contributed by atoms with E-state index in [1.54, 1.807) is 12.5 Å². The van der Waals surface area contributed by atoms with Gasteiger partial charge in [-0.25, -0.2) is 9.97 Å². The van der Waals surface area contributed by atoms with E-state index >= 15 is 0 Å². The summed E-state index contributed by atoms with van der Waals surface area (Å²) >= 11 is 0. The fourth-order valence-corrected chi connectivity index (χ4v) is 1.49. The van der Waals surface area contributed by atoms with E-state index < -0.39 is 0 Å². The van der Waals surface area contributed by atoms with Gasteiger partial charge < -0.3 is 5.32 Å². The summed E-state index contributed by atoms with van der Waals surface area (Å²) in [6.45, 7) is 2.87. The topological polar surface area (TPSA) is 42.7 Å². The first-order chi connectivity index (χ1) is 7.31. The molecular formula is C11H14N4. The van der Waals surface area contributed by atoms with Gasteiger partial charge in [0.1, 0.15) is 12.1 Å². The van der Waals surface area contributed by atoms with Gasteiger partial charge in [-0.2, -0.15) is 0 Å². The smallest absolute Gasteiger partial charge is 0.138 e. The van der Waals surface area contributed by atoms with Gasteiger partial charge in [-0.3, -0.25) is 4.57 Å². The minimum absolute atomic E-state index is 0.850. The van der Waals surface area contributed by atoms with Gasteiger partial charge in [-0.1, -0.05) is 6.07 Å². The Morgan fingerprint density at radius 2 is 2.27 bits per heavy atom. The van der Waals surface area contributed by atoms with Crippen LogP contribution in [0.1, 0.15) is 11.3 Å². The summed E-state index contributed by atoms with van der Waals surface area (Å²) in [6.07, 6.45) is 5.39. The Hall–Kier alpha value is -1.68. The van der Waals surface area contributed by atoms with Gasteiger partial charge in [0, 0.05) is 24.6 Å². The monoisotopic (exact) mass is 202 g/mol. The van der Waals surface area contributed by atoms with Gasteiger partial charge >= 0.3 is 0 Å². The van der Waals surface area contributed by atoms with Gasteiger partial charge in [0.25, 0.3) is 0 Å². The first-order valence-electron chi connectivity index (χ1n) is 4.90. The zero-order valence-electron chi connectivity index (χ0n) is 8.94. The number of hydrogen-bond acceptors (Lipinski definition) is 3. The van der Waals surface area contributed by atoms with Gasteiger partial charge in [0.05, 0.1) is 0 Å². The molecule has 0 bridgehead atoms. The van der Waals surface area contributed by atoms with E-state index in [9.17, 15) is 0 Å². The molecule has 2 rings (SSSR count). The van der Waals surface area contributed by atoms with Crippen LogP contribution in [0.2, 0.25) is 0 Å². The van der Waals surface area contributed by atoms with Crippen LogP contribution >= 0.6 is 0 Å². The fraction of sp³-hybridized carbons (Fsp3) is 0.273. The predicted octanol–water partition coefficient (Wildman–Crippen LogP) is 1.30. The first-order valence-corrected chi connectivity index (χ1v) is 4.90. The molecule has 0 unspecified atom stereocenters. The molecule has 0 aliphatic carbocycles. The molecular weight excluding hydrogens is 188 g/mol. The summed E-state index contributed by atoms with van der Waals surface area (Å²) in [5.74, 6) is 0.907. The lowest BCUT2D eigenvalue weighted by atomic mass is 10.2. The van der Waals surface area contributed by atoms with Crippen molar-refractivity contribution in [2.45, 2.75) is 13.5 Å². The maximum Gasteiger partial charge on any atom is 0.138 e. The zero-order valence-corrected chi connectivity index (χ0v) is 8.94. The lowest BCUT2D eigenvalue weighted by Gasteiger charge is -2.07. The first kappa shape index (κ1) is 9.86. The Bertz CT molecular complexity index is 434. The summed E-state index contributed by atoms with van der Waals surface area (Å²) in [6, 6.07) is 4.09. The number of aromatic nitrogens is 3. The lowest BCUT2D eigenvalue weighted by Crippen LogP contribution is -2.08. The number of imidazole rings is 1. The van der Waals surface area contributed by atoms with Crippen molar-refractivity contribution in [2.24, 2.45) is 0 Å². The van der Waals surface area contributed by atoms with E-state index in [2.05, 4.69) is 21.4 Å². The van der Waals surface area contributed by atoms with Crippen LogP contribution in [0.25, 0.3) is 5.82 Å². The Kier molecular flexibility index (Phi) is 2.78. The zero-order chi connectivity index (χ0) is 10.7. The van der Waals surface area contributed by atoms with E-state index in [-0.39, 0.29) is 0 Å². The van der Waals surface area contributed by atoms with Crippen LogP contribution in [-0.2, 0) is 6.54 Å². The molecule has 0 radical (unpaired) electrons. The van der Waals surface area contributed by atoms with Crippen LogP contribution in [0.4, 0.5) is 0 Å². The van der Waals surface area contributed by atoms with E-state index in [0.29, 0.717) is 0 Å². The third-order valence-electron chi connectivity index (χ3n) is 2.32. The molecule has 0 aromatic carbocycles. The second kappa shape index (κ2) is 4.23. The molecule has 0 saturated carbocycles. The minimum atomic E-state index is 0.850. The second-order valence-electron chi connectivity index (χ2n) is 3.41. The molecule has 0 aliphatic heterocycles. The number of nitrogens with zero attached hydrogens (tertiary/aromatic N) is 3. The molecule has 15 heavy (non-hydrogen) atoms. The van der Waals surface area contributed by atoms with Crippen LogP contribution in [0, 0.1) is 6.92 Å². The number of hydrogen-bond donors (Lipinski definition) is 1. The van der Waals surface area contributed by atoms with Gasteiger partial charge in [0.15, 0.2) is 0 Å². The third kappa shape index (κ3) is 2.05. The summed E-state index contributed by atoms with van der Waals surface area (Å²) in [5.41, 5.74) is 2.27. The molecule has 0 atom stereocenters. The number of nitrogens with one attached hydrogen (secondary N) is 1. The standard InChI is InChI=1S/C11H14N4/c1-9-10(7-12-2)3-4-11(14-9)15-6-5-13-8-15/h3-6,8,12H,7H2,1-2H3. The highest BCUT2D eigenvalue weighted by Crippen LogP contribution is 2.09. The normalized spacial score (nSPS) is 10.5. The Balaban J connectivity index is 2.33. The van der Waals surface area contributed by atoms with E-state index in [1.165, 1.54) is 5.56 Å². The molecule has 78 valence electrons. The SMILES string of the molecule is CNCc1ccc(-n2ccnc2)nc1C. The van der Waals surface area contributed by atoms with Gasteiger partial charge in [0.2, 0.25) is 0 Å². The van der Waals surface area contributed by atoms with Crippen molar-refractivity contribution in [3.8, 4) is 5.82 Å². The van der Waals surface area contributed by atoms with Crippen LogP contribution in [0.3, 0.4) is 0 Å². The summed E-state index contributed by atoms with van der Waals surface area (Å²) in [7, 11) is 1.93. The highest BCUT2D eigenvalue weighted by molar-refractivity contribution is 5.30. The van der Waals surface area contributed by atoms with Gasteiger partial charge in [-0.05, 0) is 25.6 Å². The molecule has 0 fully saturated rings. The molecule has 0 saturated heterocycles. The summed E-state index contributed by atoms with van der Waals surface area (Å²) < 4.78 is 1.90. The fourth-order valence-electron chi connectivity index (χ4n) is 1.49. The minimum Gasteiger partial charge on any atom is -0.316 e. The number of rotatable bonds is 3. The summed E-state index contributed by atoms with van der Waals surface area (Å²) in [5, 5.41) is 3.12. The van der Waals surface area contributed by atoms with Crippen molar-refractivity contribution < 1.29 is 0 Å². The van der Waals surface area contributed by atoms with Crippen molar-refractivity contribution in [1.29, 1.82) is 0 Å². The van der Waals surface area contributed by atoms with Crippen molar-refractivity contribution in [2.75, 3.05) is 7.05 Å². The molecule has 0 spiro atoms. The average Bonchev–Trinajstić information content (AvgIpc) is 2.74. The largest absolute Gasteiger partial charge is 0.316 e. The molecule has 4 heteroatoms. The maximum atomic E-state index is 4.52. The van der Waals surface area contributed by atoms with Crippen LogP contribution in [0.15, 0.2) is 30.9 Å². The highest BCUT2D eigenvalue weighted by Gasteiger charge is 2.01. The quantitative estimate of drug-likeness (QED) is 0.815. The van der Waals surface area contributed by atoms with E-state index in [4.69, 9.17) is 0 Å². The van der Waals surface area contributed by atoms with Crippen molar-refractivity contribution in [3.05, 3.63) is 42.1 Å². The van der Waals surface area contributed by atoms with Crippen LogP contribution in [-0.4, -0.2) is 21.6 Å². The van der Waals surface area contributed by atoms with E-state index in [1.807, 2.05) is 30.8 Å². The molecule has 2 aromatic heterocycles. The Morgan fingerprint density at radius 3 is 2.87 bits per heavy atom. The third-order valence-corrected chi connectivity index (χ3v) is 2.32. The number of aryl methyl sites for hydroxylation is 1. The summed E-state index contributed by atoms with van der Waals surface area (Å²) in [4.78, 5) is 8.51. The van der Waals surface area contributed by atoms with Crippen molar-refractivity contribution >= 4 is 0 Å². The van der Waals surface area contributed by atoms with Crippen LogP contribution < -0.4 is 5.32 Å². The Morgan fingerprint density at radius 1 is 1.40 bits per heavy atom.